The van der Waals surface area contributed by atoms with Crippen molar-refractivity contribution in [1.82, 2.24) is 9.80 Å². The van der Waals surface area contributed by atoms with Gasteiger partial charge in [-0.15, -0.1) is 0 Å². The second kappa shape index (κ2) is 5.99. The molecule has 5 heteroatoms. The molecule has 0 saturated carbocycles. The van der Waals surface area contributed by atoms with E-state index in [4.69, 9.17) is 4.74 Å². The Hall–Kier alpha value is -0.650. The van der Waals surface area contributed by atoms with Crippen molar-refractivity contribution in [1.29, 1.82) is 0 Å². The van der Waals surface area contributed by atoms with Gasteiger partial charge in [-0.05, 0) is 12.3 Å². The highest BCUT2D eigenvalue weighted by Crippen LogP contribution is 2.25. The molecule has 2 aliphatic rings. The topological polar surface area (TPSA) is 53.0 Å². The molecule has 2 aliphatic heterocycles. The van der Waals surface area contributed by atoms with Gasteiger partial charge in [0.15, 0.2) is 0 Å². The summed E-state index contributed by atoms with van der Waals surface area (Å²) in [7, 11) is 0. The summed E-state index contributed by atoms with van der Waals surface area (Å²) in [5.74, 6) is -0.149. The van der Waals surface area contributed by atoms with E-state index in [0.717, 1.165) is 39.4 Å². The first-order valence-corrected chi connectivity index (χ1v) is 6.92. The third-order valence-electron chi connectivity index (χ3n) is 4.23. The number of ether oxygens (including phenoxy) is 1. The summed E-state index contributed by atoms with van der Waals surface area (Å²) in [4.78, 5) is 15.8. The second-order valence-electron chi connectivity index (χ2n) is 5.41. The molecule has 0 aliphatic carbocycles. The zero-order chi connectivity index (χ0) is 13.1. The predicted molar refractivity (Wildman–Crippen MR) is 68.6 cm³/mol. The van der Waals surface area contributed by atoms with Gasteiger partial charge in [-0.2, -0.15) is 0 Å². The minimum absolute atomic E-state index is 0.321. The van der Waals surface area contributed by atoms with Crippen molar-refractivity contribution in [3.05, 3.63) is 0 Å². The number of aliphatic carboxylic acids is 1. The number of carboxylic acids is 1. The van der Waals surface area contributed by atoms with E-state index in [2.05, 4.69) is 16.7 Å². The maximum absolute atomic E-state index is 11.2. The summed E-state index contributed by atoms with van der Waals surface area (Å²) in [6, 6.07) is 0.167. The number of hydrogen-bond donors (Lipinski definition) is 1. The highest BCUT2D eigenvalue weighted by atomic mass is 16.5. The number of carboxylic acid groups (broad SMARTS) is 1. The maximum Gasteiger partial charge on any atom is 0.320 e. The van der Waals surface area contributed by atoms with E-state index in [9.17, 15) is 9.90 Å². The normalized spacial score (nSPS) is 32.6. The average molecular weight is 256 g/mol. The molecule has 0 amide bonds. The van der Waals surface area contributed by atoms with Crippen molar-refractivity contribution in [2.24, 2.45) is 5.92 Å². The minimum Gasteiger partial charge on any atom is -0.480 e. The fourth-order valence-electron chi connectivity index (χ4n) is 3.21. The lowest BCUT2D eigenvalue weighted by Crippen LogP contribution is -2.47. The molecule has 0 aromatic carbocycles. The largest absolute Gasteiger partial charge is 0.480 e. The molecule has 104 valence electrons. The van der Waals surface area contributed by atoms with Gasteiger partial charge in [-0.3, -0.25) is 14.6 Å². The molecule has 1 N–H and O–H groups in total. The number of carbonyl (C=O) groups is 1. The Labute approximate surface area is 109 Å². The molecule has 0 spiro atoms. The lowest BCUT2D eigenvalue weighted by molar-refractivity contribution is -0.143. The molecule has 2 fully saturated rings. The first kappa shape index (κ1) is 13.8. The molecule has 2 rings (SSSR count). The Morgan fingerprint density at radius 3 is 2.61 bits per heavy atom. The van der Waals surface area contributed by atoms with Crippen molar-refractivity contribution in [2.45, 2.75) is 32.4 Å². The number of hydrogen-bond acceptors (Lipinski definition) is 4. The summed E-state index contributed by atoms with van der Waals surface area (Å²) >= 11 is 0. The van der Waals surface area contributed by atoms with Crippen LogP contribution in [0.2, 0.25) is 0 Å². The Bertz CT molecular complexity index is 292. The lowest BCUT2D eigenvalue weighted by Gasteiger charge is -2.34. The summed E-state index contributed by atoms with van der Waals surface area (Å²) in [6.45, 7) is 9.52. The van der Waals surface area contributed by atoms with Gasteiger partial charge in [-0.25, -0.2) is 0 Å². The number of morpholine rings is 1. The van der Waals surface area contributed by atoms with E-state index in [-0.39, 0.29) is 6.04 Å². The van der Waals surface area contributed by atoms with Crippen molar-refractivity contribution in [2.75, 3.05) is 39.4 Å². The highest BCUT2D eigenvalue weighted by Gasteiger charge is 2.38. The lowest BCUT2D eigenvalue weighted by atomic mass is 10.0. The van der Waals surface area contributed by atoms with Crippen LogP contribution in [0.3, 0.4) is 0 Å². The van der Waals surface area contributed by atoms with Crippen molar-refractivity contribution < 1.29 is 14.6 Å². The molecule has 2 saturated heterocycles. The molecule has 5 nitrogen and oxygen atoms in total. The van der Waals surface area contributed by atoms with E-state index in [1.54, 1.807) is 0 Å². The van der Waals surface area contributed by atoms with Crippen molar-refractivity contribution in [3.63, 3.8) is 0 Å². The van der Waals surface area contributed by atoms with Gasteiger partial charge in [0, 0.05) is 32.2 Å². The van der Waals surface area contributed by atoms with Gasteiger partial charge in [0.25, 0.3) is 0 Å². The van der Waals surface area contributed by atoms with Gasteiger partial charge < -0.3 is 9.84 Å². The standard InChI is InChI=1S/C13H24N2O3/c1-3-11(13(16)17)15-8-10(2)12(9-15)14-4-6-18-7-5-14/h10-12H,3-9H2,1-2H3,(H,16,17). The van der Waals surface area contributed by atoms with Crippen LogP contribution in [0.4, 0.5) is 0 Å². The molecule has 3 atom stereocenters. The van der Waals surface area contributed by atoms with E-state index in [1.807, 2.05) is 6.92 Å². The highest BCUT2D eigenvalue weighted by molar-refractivity contribution is 5.73. The quantitative estimate of drug-likeness (QED) is 0.794. The third kappa shape index (κ3) is 2.84. The number of rotatable bonds is 4. The SMILES string of the molecule is CCC(C(=O)O)N1CC(C)C(N2CCOCC2)C1. The Morgan fingerprint density at radius 2 is 2.06 bits per heavy atom. The second-order valence-corrected chi connectivity index (χ2v) is 5.41. The fraction of sp³-hybridized carbons (Fsp3) is 0.923. The predicted octanol–water partition coefficient (Wildman–Crippen LogP) is 0.502. The monoisotopic (exact) mass is 256 g/mol. The molecule has 18 heavy (non-hydrogen) atoms. The van der Waals surface area contributed by atoms with Crippen molar-refractivity contribution >= 4 is 5.97 Å². The average Bonchev–Trinajstić information content (AvgIpc) is 2.73. The van der Waals surface area contributed by atoms with Crippen molar-refractivity contribution in [3.8, 4) is 0 Å². The first-order valence-electron chi connectivity index (χ1n) is 6.92. The van der Waals surface area contributed by atoms with E-state index >= 15 is 0 Å². The van der Waals surface area contributed by atoms with E-state index < -0.39 is 5.97 Å². The molecule has 0 bridgehead atoms. The Morgan fingerprint density at radius 1 is 1.39 bits per heavy atom. The molecule has 0 aromatic heterocycles. The number of likely N-dealkylation sites (tertiary alicyclic amines) is 1. The van der Waals surface area contributed by atoms with Gasteiger partial charge in [0.1, 0.15) is 6.04 Å². The molecular formula is C13H24N2O3. The smallest absolute Gasteiger partial charge is 0.320 e. The van der Waals surface area contributed by atoms with Crippen LogP contribution in [0.25, 0.3) is 0 Å². The van der Waals surface area contributed by atoms with Gasteiger partial charge in [-0.1, -0.05) is 13.8 Å². The summed E-state index contributed by atoms with van der Waals surface area (Å²) < 4.78 is 5.38. The third-order valence-corrected chi connectivity index (χ3v) is 4.23. The minimum atomic E-state index is -0.688. The molecular weight excluding hydrogens is 232 g/mol. The maximum atomic E-state index is 11.2. The summed E-state index contributed by atoms with van der Waals surface area (Å²) in [5, 5.41) is 9.24. The van der Waals surface area contributed by atoms with Crippen LogP contribution in [-0.4, -0.2) is 72.4 Å². The fourth-order valence-corrected chi connectivity index (χ4v) is 3.21. The number of nitrogens with zero attached hydrogens (tertiary/aromatic N) is 2. The zero-order valence-electron chi connectivity index (χ0n) is 11.3. The van der Waals surface area contributed by atoms with E-state index in [1.165, 1.54) is 0 Å². The van der Waals surface area contributed by atoms with Crippen LogP contribution >= 0.6 is 0 Å². The molecule has 0 aromatic rings. The first-order chi connectivity index (χ1) is 8.63. The van der Waals surface area contributed by atoms with Gasteiger partial charge in [0.05, 0.1) is 13.2 Å². The Kier molecular flexibility index (Phi) is 4.59. The summed E-state index contributed by atoms with van der Waals surface area (Å²) in [5.41, 5.74) is 0. The van der Waals surface area contributed by atoms with E-state index in [0.29, 0.717) is 18.4 Å². The Balaban J connectivity index is 1.97. The molecule has 2 heterocycles. The van der Waals surface area contributed by atoms with Crippen LogP contribution in [0.15, 0.2) is 0 Å². The molecule has 3 unspecified atom stereocenters. The van der Waals surface area contributed by atoms with Crippen LogP contribution < -0.4 is 0 Å². The van der Waals surface area contributed by atoms with Crippen LogP contribution in [0, 0.1) is 5.92 Å². The van der Waals surface area contributed by atoms with Gasteiger partial charge >= 0.3 is 5.97 Å². The summed E-state index contributed by atoms with van der Waals surface area (Å²) in [6.07, 6.45) is 0.678. The zero-order valence-corrected chi connectivity index (χ0v) is 11.3. The van der Waals surface area contributed by atoms with Crippen LogP contribution in [0.1, 0.15) is 20.3 Å². The van der Waals surface area contributed by atoms with Crippen LogP contribution in [0.5, 0.6) is 0 Å². The molecule has 0 radical (unpaired) electrons. The van der Waals surface area contributed by atoms with Gasteiger partial charge in [0.2, 0.25) is 0 Å². The van der Waals surface area contributed by atoms with Crippen LogP contribution in [-0.2, 0) is 9.53 Å².